The average molecular weight is 263 g/mol. The van der Waals surface area contributed by atoms with Crippen molar-refractivity contribution in [1.82, 2.24) is 14.8 Å². The number of aryl methyl sites for hydroxylation is 1. The highest BCUT2D eigenvalue weighted by Gasteiger charge is 2.09. The van der Waals surface area contributed by atoms with Crippen molar-refractivity contribution < 1.29 is 0 Å². The van der Waals surface area contributed by atoms with Gasteiger partial charge in [-0.2, -0.15) is 10.4 Å². The van der Waals surface area contributed by atoms with Gasteiger partial charge in [0.25, 0.3) is 0 Å². The summed E-state index contributed by atoms with van der Waals surface area (Å²) in [5.74, 6) is 0. The SMILES string of the molecule is CCn1cc(Nc2c(C#N)cnc3ccccc23)cn1. The number of pyridine rings is 1. The molecule has 3 aromatic rings. The third-order valence-electron chi connectivity index (χ3n) is 3.12. The number of anilines is 2. The number of nitrogens with zero attached hydrogens (tertiary/aromatic N) is 4. The van der Waals surface area contributed by atoms with Crippen LogP contribution in [0, 0.1) is 11.3 Å². The van der Waals surface area contributed by atoms with E-state index in [2.05, 4.69) is 21.5 Å². The molecular weight excluding hydrogens is 250 g/mol. The summed E-state index contributed by atoms with van der Waals surface area (Å²) in [5, 5.41) is 17.7. The molecule has 0 saturated heterocycles. The second-order valence-corrected chi connectivity index (χ2v) is 4.39. The van der Waals surface area contributed by atoms with Crippen LogP contribution in [0.4, 0.5) is 11.4 Å². The van der Waals surface area contributed by atoms with Crippen LogP contribution in [0.1, 0.15) is 12.5 Å². The fourth-order valence-electron chi connectivity index (χ4n) is 2.11. The second-order valence-electron chi connectivity index (χ2n) is 4.39. The maximum atomic E-state index is 9.26. The van der Waals surface area contributed by atoms with Gasteiger partial charge in [0.1, 0.15) is 6.07 Å². The van der Waals surface area contributed by atoms with Crippen molar-refractivity contribution in [1.29, 1.82) is 5.26 Å². The Morgan fingerprint density at radius 1 is 1.30 bits per heavy atom. The molecule has 0 saturated carbocycles. The standard InChI is InChI=1S/C15H13N5/c1-2-20-10-12(9-18-20)19-15-11(7-16)8-17-14-6-4-3-5-13(14)15/h3-6,8-10H,2H2,1H3,(H,17,19). The fraction of sp³-hybridized carbons (Fsp3) is 0.133. The van der Waals surface area contributed by atoms with Crippen LogP contribution in [-0.2, 0) is 6.54 Å². The van der Waals surface area contributed by atoms with Gasteiger partial charge >= 0.3 is 0 Å². The van der Waals surface area contributed by atoms with Crippen LogP contribution in [0.5, 0.6) is 0 Å². The number of benzene rings is 1. The highest BCUT2D eigenvalue weighted by atomic mass is 15.3. The van der Waals surface area contributed by atoms with Crippen molar-refractivity contribution in [3.05, 3.63) is 48.4 Å². The van der Waals surface area contributed by atoms with E-state index in [9.17, 15) is 5.26 Å². The van der Waals surface area contributed by atoms with Crippen molar-refractivity contribution >= 4 is 22.3 Å². The number of aromatic nitrogens is 3. The van der Waals surface area contributed by atoms with Crippen LogP contribution in [0.3, 0.4) is 0 Å². The van der Waals surface area contributed by atoms with Gasteiger partial charge in [-0.15, -0.1) is 0 Å². The Hall–Kier alpha value is -2.87. The average Bonchev–Trinajstić information content (AvgIpc) is 2.95. The van der Waals surface area contributed by atoms with Crippen molar-refractivity contribution in [2.24, 2.45) is 0 Å². The molecule has 0 aliphatic heterocycles. The van der Waals surface area contributed by atoms with E-state index in [4.69, 9.17) is 0 Å². The summed E-state index contributed by atoms with van der Waals surface area (Å²) in [5.41, 5.74) is 3.01. The maximum Gasteiger partial charge on any atom is 0.103 e. The summed E-state index contributed by atoms with van der Waals surface area (Å²) in [6.07, 6.45) is 5.26. The molecule has 1 N–H and O–H groups in total. The highest BCUT2D eigenvalue weighted by Crippen LogP contribution is 2.28. The number of nitrogens with one attached hydrogen (secondary N) is 1. The Morgan fingerprint density at radius 3 is 2.90 bits per heavy atom. The van der Waals surface area contributed by atoms with Crippen LogP contribution < -0.4 is 5.32 Å². The summed E-state index contributed by atoms with van der Waals surface area (Å²) in [6.45, 7) is 2.84. The zero-order chi connectivity index (χ0) is 13.9. The van der Waals surface area contributed by atoms with E-state index in [0.29, 0.717) is 5.56 Å². The predicted molar refractivity (Wildman–Crippen MR) is 77.6 cm³/mol. The van der Waals surface area contributed by atoms with E-state index < -0.39 is 0 Å². The first-order valence-corrected chi connectivity index (χ1v) is 6.39. The third-order valence-corrected chi connectivity index (χ3v) is 3.12. The molecule has 0 bridgehead atoms. The van der Waals surface area contributed by atoms with Gasteiger partial charge in [-0.05, 0) is 13.0 Å². The van der Waals surface area contributed by atoms with E-state index in [0.717, 1.165) is 28.8 Å². The van der Waals surface area contributed by atoms with Crippen LogP contribution in [0.2, 0.25) is 0 Å². The third kappa shape index (κ3) is 2.08. The van der Waals surface area contributed by atoms with E-state index in [1.54, 1.807) is 12.4 Å². The lowest BCUT2D eigenvalue weighted by Gasteiger charge is -2.09. The largest absolute Gasteiger partial charge is 0.351 e. The summed E-state index contributed by atoms with van der Waals surface area (Å²) in [7, 11) is 0. The Balaban J connectivity index is 2.11. The van der Waals surface area contributed by atoms with E-state index in [1.165, 1.54) is 0 Å². The van der Waals surface area contributed by atoms with Gasteiger partial charge in [-0.1, -0.05) is 18.2 Å². The molecule has 5 heteroatoms. The molecule has 2 aromatic heterocycles. The lowest BCUT2D eigenvalue weighted by atomic mass is 10.1. The van der Waals surface area contributed by atoms with E-state index in [1.807, 2.05) is 42.1 Å². The van der Waals surface area contributed by atoms with Gasteiger partial charge in [0, 0.05) is 24.3 Å². The Labute approximate surface area is 116 Å². The number of rotatable bonds is 3. The minimum Gasteiger partial charge on any atom is -0.351 e. The van der Waals surface area contributed by atoms with Crippen LogP contribution in [0.15, 0.2) is 42.9 Å². The van der Waals surface area contributed by atoms with Gasteiger partial charge in [0.15, 0.2) is 0 Å². The summed E-state index contributed by atoms with van der Waals surface area (Å²) < 4.78 is 1.83. The van der Waals surface area contributed by atoms with Crippen molar-refractivity contribution in [3.8, 4) is 6.07 Å². The number of hydrogen-bond donors (Lipinski definition) is 1. The van der Waals surface area contributed by atoms with Gasteiger partial charge in [-0.25, -0.2) is 0 Å². The normalized spacial score (nSPS) is 10.4. The Bertz CT molecular complexity index is 797. The Kier molecular flexibility index (Phi) is 3.05. The fourth-order valence-corrected chi connectivity index (χ4v) is 2.11. The second kappa shape index (κ2) is 5.02. The molecule has 0 spiro atoms. The zero-order valence-electron chi connectivity index (χ0n) is 11.0. The minimum atomic E-state index is 0.521. The minimum absolute atomic E-state index is 0.521. The molecule has 20 heavy (non-hydrogen) atoms. The molecule has 5 nitrogen and oxygen atoms in total. The van der Waals surface area contributed by atoms with Gasteiger partial charge in [0.05, 0.1) is 28.7 Å². The topological polar surface area (TPSA) is 66.5 Å². The molecule has 2 heterocycles. The first-order valence-electron chi connectivity index (χ1n) is 6.39. The molecule has 0 radical (unpaired) electrons. The summed E-state index contributed by atoms with van der Waals surface area (Å²) in [6, 6.07) is 9.93. The van der Waals surface area contributed by atoms with Crippen molar-refractivity contribution in [2.45, 2.75) is 13.5 Å². The van der Waals surface area contributed by atoms with Crippen molar-refractivity contribution in [3.63, 3.8) is 0 Å². The van der Waals surface area contributed by atoms with Crippen LogP contribution >= 0.6 is 0 Å². The molecule has 3 rings (SSSR count). The summed E-state index contributed by atoms with van der Waals surface area (Å²) >= 11 is 0. The quantitative estimate of drug-likeness (QED) is 0.788. The Morgan fingerprint density at radius 2 is 2.15 bits per heavy atom. The zero-order valence-corrected chi connectivity index (χ0v) is 11.0. The lowest BCUT2D eigenvalue weighted by Crippen LogP contribution is -1.96. The number of fused-ring (bicyclic) bond motifs is 1. The number of hydrogen-bond acceptors (Lipinski definition) is 4. The summed E-state index contributed by atoms with van der Waals surface area (Å²) in [4.78, 5) is 4.29. The molecular formula is C15H13N5. The van der Waals surface area contributed by atoms with Gasteiger partial charge in [0.2, 0.25) is 0 Å². The first kappa shape index (κ1) is 12.2. The van der Waals surface area contributed by atoms with Crippen molar-refractivity contribution in [2.75, 3.05) is 5.32 Å². The van der Waals surface area contributed by atoms with Crippen LogP contribution in [-0.4, -0.2) is 14.8 Å². The van der Waals surface area contributed by atoms with E-state index >= 15 is 0 Å². The first-order chi connectivity index (χ1) is 9.81. The monoisotopic (exact) mass is 263 g/mol. The van der Waals surface area contributed by atoms with Gasteiger partial charge < -0.3 is 5.32 Å². The molecule has 0 atom stereocenters. The number of para-hydroxylation sites is 1. The van der Waals surface area contributed by atoms with Gasteiger partial charge in [-0.3, -0.25) is 9.67 Å². The lowest BCUT2D eigenvalue weighted by molar-refractivity contribution is 0.660. The molecule has 98 valence electrons. The van der Waals surface area contributed by atoms with E-state index in [-0.39, 0.29) is 0 Å². The smallest absolute Gasteiger partial charge is 0.103 e. The molecule has 0 fully saturated rings. The molecule has 0 aliphatic rings. The molecule has 0 unspecified atom stereocenters. The molecule has 1 aromatic carbocycles. The number of nitriles is 1. The predicted octanol–water partition coefficient (Wildman–Crippen LogP) is 3.07. The van der Waals surface area contributed by atoms with Crippen LogP contribution in [0.25, 0.3) is 10.9 Å². The molecule has 0 amide bonds. The maximum absolute atomic E-state index is 9.26. The molecule has 0 aliphatic carbocycles. The highest BCUT2D eigenvalue weighted by molar-refractivity contribution is 5.95.